The Hall–Kier alpha value is -1.26. The van der Waals surface area contributed by atoms with E-state index >= 15 is 0 Å². The van der Waals surface area contributed by atoms with Crippen molar-refractivity contribution in [2.45, 2.75) is 19.8 Å². The molecule has 108 valence electrons. The monoisotopic (exact) mass is 267 g/mol. The van der Waals surface area contributed by atoms with Crippen molar-refractivity contribution in [2.24, 2.45) is 5.92 Å². The van der Waals surface area contributed by atoms with E-state index in [9.17, 15) is 0 Å². The van der Waals surface area contributed by atoms with Gasteiger partial charge in [-0.3, -0.25) is 0 Å². The zero-order valence-electron chi connectivity index (χ0n) is 11.9. The van der Waals surface area contributed by atoms with Gasteiger partial charge in [-0.2, -0.15) is 0 Å². The van der Waals surface area contributed by atoms with E-state index in [1.165, 1.54) is 0 Å². The van der Waals surface area contributed by atoms with Crippen LogP contribution in [0.3, 0.4) is 0 Å². The Morgan fingerprint density at radius 1 is 1.21 bits per heavy atom. The lowest BCUT2D eigenvalue weighted by atomic mass is 10.1. The van der Waals surface area contributed by atoms with Gasteiger partial charge in [0.25, 0.3) is 0 Å². The van der Waals surface area contributed by atoms with Gasteiger partial charge >= 0.3 is 0 Å². The summed E-state index contributed by atoms with van der Waals surface area (Å²) in [7, 11) is 1.64. The summed E-state index contributed by atoms with van der Waals surface area (Å²) in [6.45, 7) is 4.73. The second kappa shape index (κ2) is 9.64. The predicted molar refractivity (Wildman–Crippen MR) is 76.8 cm³/mol. The van der Waals surface area contributed by atoms with Crippen molar-refractivity contribution < 1.29 is 14.6 Å². The molecule has 4 heteroatoms. The molecule has 1 atom stereocenters. The van der Waals surface area contributed by atoms with Gasteiger partial charge in [-0.05, 0) is 37.4 Å². The first-order valence-electron chi connectivity index (χ1n) is 6.85. The lowest BCUT2D eigenvalue weighted by Gasteiger charge is -2.11. The summed E-state index contributed by atoms with van der Waals surface area (Å²) in [6, 6.07) is 7.65. The van der Waals surface area contributed by atoms with Crippen LogP contribution < -0.4 is 14.8 Å². The van der Waals surface area contributed by atoms with Gasteiger partial charge in [0.1, 0.15) is 6.61 Å². The average molecular weight is 267 g/mol. The molecule has 1 aromatic rings. The largest absolute Gasteiger partial charge is 0.493 e. The Morgan fingerprint density at radius 2 is 1.95 bits per heavy atom. The topological polar surface area (TPSA) is 50.7 Å². The summed E-state index contributed by atoms with van der Waals surface area (Å²) in [4.78, 5) is 0. The molecule has 0 aliphatic carbocycles. The molecule has 0 saturated heterocycles. The number of hydrogen-bond donors (Lipinski definition) is 2. The molecule has 1 aromatic carbocycles. The molecule has 1 rings (SSSR count). The van der Waals surface area contributed by atoms with Crippen LogP contribution in [-0.2, 0) is 0 Å². The Labute approximate surface area is 115 Å². The van der Waals surface area contributed by atoms with Gasteiger partial charge in [-0.15, -0.1) is 0 Å². The number of aliphatic hydroxyl groups is 1. The lowest BCUT2D eigenvalue weighted by molar-refractivity contribution is 0.227. The second-order valence-electron chi connectivity index (χ2n) is 4.68. The van der Waals surface area contributed by atoms with Crippen molar-refractivity contribution in [1.82, 2.24) is 5.32 Å². The maximum absolute atomic E-state index is 8.90. The van der Waals surface area contributed by atoms with Crippen molar-refractivity contribution in [3.05, 3.63) is 24.3 Å². The maximum Gasteiger partial charge on any atom is 0.161 e. The number of benzene rings is 1. The Morgan fingerprint density at radius 3 is 2.63 bits per heavy atom. The third kappa shape index (κ3) is 6.45. The van der Waals surface area contributed by atoms with Crippen LogP contribution in [0.15, 0.2) is 24.3 Å². The molecule has 0 heterocycles. The fourth-order valence-corrected chi connectivity index (χ4v) is 1.76. The molecule has 0 aliphatic rings. The van der Waals surface area contributed by atoms with E-state index in [-0.39, 0.29) is 6.61 Å². The number of ether oxygens (including phenoxy) is 2. The molecular formula is C15H25NO3. The molecule has 4 nitrogen and oxygen atoms in total. The number of nitrogens with one attached hydrogen (secondary N) is 1. The zero-order valence-corrected chi connectivity index (χ0v) is 11.9. The molecule has 0 fully saturated rings. The van der Waals surface area contributed by atoms with E-state index in [1.54, 1.807) is 7.11 Å². The van der Waals surface area contributed by atoms with Gasteiger partial charge < -0.3 is 19.9 Å². The molecule has 2 N–H and O–H groups in total. The van der Waals surface area contributed by atoms with Crippen LogP contribution >= 0.6 is 0 Å². The number of aliphatic hydroxyl groups excluding tert-OH is 1. The number of para-hydroxylation sites is 2. The van der Waals surface area contributed by atoms with Gasteiger partial charge in [0.2, 0.25) is 0 Å². The molecule has 0 spiro atoms. The highest BCUT2D eigenvalue weighted by atomic mass is 16.5. The van der Waals surface area contributed by atoms with Gasteiger partial charge in [0, 0.05) is 13.2 Å². The predicted octanol–water partition coefficient (Wildman–Crippen LogP) is 2.07. The molecule has 0 saturated carbocycles. The average Bonchev–Trinajstić information content (AvgIpc) is 2.46. The van der Waals surface area contributed by atoms with Crippen molar-refractivity contribution in [2.75, 3.05) is 33.4 Å². The van der Waals surface area contributed by atoms with Crippen molar-refractivity contribution in [1.29, 1.82) is 0 Å². The summed E-state index contributed by atoms with van der Waals surface area (Å²) in [6.07, 6.45) is 2.13. The molecule has 0 amide bonds. The Bertz CT molecular complexity index is 344. The fraction of sp³-hybridized carbons (Fsp3) is 0.600. The first-order chi connectivity index (χ1) is 9.27. The molecular weight excluding hydrogens is 242 g/mol. The summed E-state index contributed by atoms with van der Waals surface area (Å²) < 4.78 is 10.9. The minimum Gasteiger partial charge on any atom is -0.493 e. The van der Waals surface area contributed by atoms with Gasteiger partial charge in [-0.1, -0.05) is 19.1 Å². The first-order valence-corrected chi connectivity index (χ1v) is 6.85. The molecule has 0 bridgehead atoms. The van der Waals surface area contributed by atoms with Crippen LogP contribution in [-0.4, -0.2) is 38.5 Å². The van der Waals surface area contributed by atoms with E-state index in [1.807, 2.05) is 24.3 Å². The molecule has 19 heavy (non-hydrogen) atoms. The van der Waals surface area contributed by atoms with Crippen LogP contribution in [0.2, 0.25) is 0 Å². The number of methoxy groups -OCH3 is 1. The summed E-state index contributed by atoms with van der Waals surface area (Å²) >= 11 is 0. The third-order valence-electron chi connectivity index (χ3n) is 2.97. The molecule has 1 unspecified atom stereocenters. The van der Waals surface area contributed by atoms with Crippen LogP contribution in [0.5, 0.6) is 11.5 Å². The van der Waals surface area contributed by atoms with Crippen molar-refractivity contribution in [3.63, 3.8) is 0 Å². The summed E-state index contributed by atoms with van der Waals surface area (Å²) in [5, 5.41) is 12.2. The van der Waals surface area contributed by atoms with E-state index in [2.05, 4.69) is 12.2 Å². The maximum atomic E-state index is 8.90. The zero-order chi connectivity index (χ0) is 13.9. The van der Waals surface area contributed by atoms with Crippen LogP contribution in [0.4, 0.5) is 0 Å². The van der Waals surface area contributed by atoms with E-state index in [0.29, 0.717) is 12.5 Å². The minimum absolute atomic E-state index is 0.275. The van der Waals surface area contributed by atoms with Gasteiger partial charge in [0.05, 0.1) is 7.11 Å². The smallest absolute Gasteiger partial charge is 0.161 e. The van der Waals surface area contributed by atoms with Gasteiger partial charge in [0.15, 0.2) is 11.5 Å². The van der Waals surface area contributed by atoms with Gasteiger partial charge in [-0.25, -0.2) is 0 Å². The Kier molecular flexibility index (Phi) is 8.02. The van der Waals surface area contributed by atoms with E-state index < -0.39 is 0 Å². The number of rotatable bonds is 10. The highest BCUT2D eigenvalue weighted by molar-refractivity contribution is 5.39. The number of hydrogen-bond acceptors (Lipinski definition) is 4. The second-order valence-corrected chi connectivity index (χ2v) is 4.68. The Balaban J connectivity index is 2.07. The first kappa shape index (κ1) is 15.8. The van der Waals surface area contributed by atoms with Crippen molar-refractivity contribution in [3.8, 4) is 11.5 Å². The molecule has 0 radical (unpaired) electrons. The normalized spacial score (nSPS) is 12.2. The quantitative estimate of drug-likeness (QED) is 0.637. The fourth-order valence-electron chi connectivity index (χ4n) is 1.76. The van der Waals surface area contributed by atoms with Crippen LogP contribution in [0, 0.1) is 5.92 Å². The third-order valence-corrected chi connectivity index (χ3v) is 2.97. The molecule has 0 aromatic heterocycles. The standard InChI is InChI=1S/C15H25NO3/c1-13(12-17)6-5-9-16-10-11-19-15-8-4-3-7-14(15)18-2/h3-4,7-8,13,16-17H,5-6,9-12H2,1-2H3. The van der Waals surface area contributed by atoms with Crippen LogP contribution in [0.1, 0.15) is 19.8 Å². The van der Waals surface area contributed by atoms with Crippen LogP contribution in [0.25, 0.3) is 0 Å². The highest BCUT2D eigenvalue weighted by Gasteiger charge is 2.02. The SMILES string of the molecule is COc1ccccc1OCCNCCCC(C)CO. The summed E-state index contributed by atoms with van der Waals surface area (Å²) in [5.41, 5.74) is 0. The van der Waals surface area contributed by atoms with Crippen molar-refractivity contribution >= 4 is 0 Å². The lowest BCUT2D eigenvalue weighted by Crippen LogP contribution is -2.22. The summed E-state index contributed by atoms with van der Waals surface area (Å²) in [5.74, 6) is 1.94. The minimum atomic E-state index is 0.275. The van der Waals surface area contributed by atoms with E-state index in [4.69, 9.17) is 14.6 Å². The van der Waals surface area contributed by atoms with E-state index in [0.717, 1.165) is 37.4 Å². The molecule has 0 aliphatic heterocycles. The highest BCUT2D eigenvalue weighted by Crippen LogP contribution is 2.25.